The number of ether oxygens (including phenoxy) is 1. The highest BCUT2D eigenvalue weighted by molar-refractivity contribution is 5.99. The number of pyridine rings is 1. The summed E-state index contributed by atoms with van der Waals surface area (Å²) in [5.74, 6) is 4.33. The summed E-state index contributed by atoms with van der Waals surface area (Å²) in [6.07, 6.45) is 9.01. The molecule has 4 heterocycles. The third kappa shape index (κ3) is 4.43. The van der Waals surface area contributed by atoms with E-state index in [1.54, 1.807) is 0 Å². The average Bonchev–Trinajstić information content (AvgIpc) is 3.39. The average molecular weight is 507 g/mol. The summed E-state index contributed by atoms with van der Waals surface area (Å²) >= 11 is 0. The molecule has 3 aliphatic heterocycles. The molecule has 2 fully saturated rings. The third-order valence-electron chi connectivity index (χ3n) is 8.33. The zero-order valence-electron chi connectivity index (χ0n) is 22.0. The van der Waals surface area contributed by atoms with Crippen LogP contribution in [0.2, 0.25) is 0 Å². The number of likely N-dealkylation sites (tertiary alicyclic amines) is 1. The van der Waals surface area contributed by atoms with Crippen molar-refractivity contribution in [2.45, 2.75) is 31.8 Å². The zero-order valence-corrected chi connectivity index (χ0v) is 22.0. The van der Waals surface area contributed by atoms with Crippen LogP contribution >= 0.6 is 0 Å². The van der Waals surface area contributed by atoms with Crippen LogP contribution in [-0.4, -0.2) is 68.8 Å². The maximum atomic E-state index is 10.4. The number of aromatic nitrogens is 1. The molecule has 38 heavy (non-hydrogen) atoms. The van der Waals surface area contributed by atoms with Crippen LogP contribution in [0.3, 0.4) is 0 Å². The molecular weight excluding hydrogens is 472 g/mol. The largest absolute Gasteiger partial charge is 0.475 e. The van der Waals surface area contributed by atoms with Gasteiger partial charge in [-0.05, 0) is 50.4 Å². The summed E-state index contributed by atoms with van der Waals surface area (Å²) in [6, 6.07) is 15.3. The summed E-state index contributed by atoms with van der Waals surface area (Å²) in [5.41, 5.74) is 4.79. The van der Waals surface area contributed by atoms with Gasteiger partial charge in [-0.15, -0.1) is 6.42 Å². The van der Waals surface area contributed by atoms with Crippen LogP contribution in [-0.2, 0) is 13.0 Å². The van der Waals surface area contributed by atoms with Crippen LogP contribution in [0, 0.1) is 23.7 Å². The molecule has 3 aliphatic rings. The van der Waals surface area contributed by atoms with Crippen LogP contribution in [0.1, 0.15) is 35.1 Å². The number of hydrogen-bond acceptors (Lipinski definition) is 7. The van der Waals surface area contributed by atoms with Crippen LogP contribution in [0.25, 0.3) is 10.8 Å². The summed E-state index contributed by atoms with van der Waals surface area (Å²) in [7, 11) is 2.14. The molecule has 0 amide bonds. The number of hydrogen-bond donors (Lipinski definition) is 1. The van der Waals surface area contributed by atoms with Crippen molar-refractivity contribution in [2.75, 3.05) is 62.7 Å². The smallest absolute Gasteiger partial charge is 0.234 e. The Hall–Kier alpha value is -3.78. The minimum atomic E-state index is 0.358. The van der Waals surface area contributed by atoms with Crippen molar-refractivity contribution in [1.82, 2.24) is 15.2 Å². The Kier molecular flexibility index (Phi) is 6.81. The quantitative estimate of drug-likeness (QED) is 0.531. The number of fused-ring (bicyclic) bond motifs is 2. The van der Waals surface area contributed by atoms with E-state index >= 15 is 0 Å². The molecule has 0 radical (unpaired) electrons. The molecule has 1 atom stereocenters. The zero-order chi connectivity index (χ0) is 26.1. The molecule has 1 aromatic heterocycles. The lowest BCUT2D eigenvalue weighted by atomic mass is 9.94. The lowest BCUT2D eigenvalue weighted by Gasteiger charge is -2.37. The van der Waals surface area contributed by atoms with E-state index in [2.05, 4.69) is 63.3 Å². The van der Waals surface area contributed by atoms with Crippen LogP contribution in [0.4, 0.5) is 11.5 Å². The molecule has 0 aliphatic carbocycles. The minimum absolute atomic E-state index is 0.358. The number of terminal acetylenes is 1. The third-order valence-corrected chi connectivity index (χ3v) is 8.33. The number of nitrogens with zero attached hydrogens (tertiary/aromatic N) is 5. The Morgan fingerprint density at radius 1 is 1.08 bits per heavy atom. The monoisotopic (exact) mass is 506 g/mol. The van der Waals surface area contributed by atoms with Gasteiger partial charge in [0, 0.05) is 73.1 Å². The van der Waals surface area contributed by atoms with Gasteiger partial charge in [-0.2, -0.15) is 10.2 Å². The van der Waals surface area contributed by atoms with Gasteiger partial charge in [0.1, 0.15) is 24.1 Å². The van der Waals surface area contributed by atoms with Gasteiger partial charge in [-0.1, -0.05) is 30.2 Å². The minimum Gasteiger partial charge on any atom is -0.475 e. The van der Waals surface area contributed by atoms with Gasteiger partial charge in [0.2, 0.25) is 5.88 Å². The Balaban J connectivity index is 1.42. The maximum Gasteiger partial charge on any atom is 0.234 e. The van der Waals surface area contributed by atoms with Gasteiger partial charge in [-0.25, -0.2) is 0 Å². The molecule has 0 saturated carbocycles. The molecule has 0 spiro atoms. The van der Waals surface area contributed by atoms with Gasteiger partial charge < -0.3 is 24.8 Å². The van der Waals surface area contributed by atoms with Crippen molar-refractivity contribution in [1.29, 1.82) is 5.26 Å². The fraction of sp³-hybridized carbons (Fsp3) is 0.419. The predicted molar refractivity (Wildman–Crippen MR) is 152 cm³/mol. The topological polar surface area (TPSA) is 67.7 Å². The number of nitrogens with one attached hydrogen (secondary N) is 1. The Morgan fingerprint density at radius 3 is 2.63 bits per heavy atom. The maximum absolute atomic E-state index is 10.4. The SMILES string of the molecule is C#Cc1cccc2cccc(N3CCc4c(N5CCNCC5)nc(OC[C@@H]5CCCN5C)c(C#N)c4C3)c12. The number of anilines is 2. The lowest BCUT2D eigenvalue weighted by molar-refractivity contribution is 0.193. The van der Waals surface area contributed by atoms with E-state index in [-0.39, 0.29) is 0 Å². The van der Waals surface area contributed by atoms with Crippen molar-refractivity contribution in [2.24, 2.45) is 0 Å². The Labute approximate surface area is 225 Å². The van der Waals surface area contributed by atoms with Crippen molar-refractivity contribution < 1.29 is 4.74 Å². The van der Waals surface area contributed by atoms with Gasteiger partial charge in [0.15, 0.2) is 0 Å². The first-order valence-corrected chi connectivity index (χ1v) is 13.7. The summed E-state index contributed by atoms with van der Waals surface area (Å²) in [6.45, 7) is 6.75. The predicted octanol–water partition coefficient (Wildman–Crippen LogP) is 3.53. The molecule has 0 bridgehead atoms. The first kappa shape index (κ1) is 24.6. The number of rotatable bonds is 5. The van der Waals surface area contributed by atoms with Crippen molar-refractivity contribution in [3.05, 3.63) is 58.7 Å². The lowest BCUT2D eigenvalue weighted by Crippen LogP contribution is -2.45. The molecule has 6 rings (SSSR count). The van der Waals surface area contributed by atoms with Crippen LogP contribution in [0.5, 0.6) is 5.88 Å². The number of likely N-dealkylation sites (N-methyl/N-ethyl adjacent to an activating group) is 1. The normalized spacial score (nSPS) is 19.7. The van der Waals surface area contributed by atoms with Gasteiger partial charge in [0.25, 0.3) is 0 Å². The molecule has 194 valence electrons. The van der Waals surface area contributed by atoms with Gasteiger partial charge in [0.05, 0.1) is 0 Å². The molecule has 2 saturated heterocycles. The van der Waals surface area contributed by atoms with Crippen molar-refractivity contribution in [3.8, 4) is 24.3 Å². The fourth-order valence-corrected chi connectivity index (χ4v) is 6.22. The highest BCUT2D eigenvalue weighted by Crippen LogP contribution is 2.38. The second-order valence-corrected chi connectivity index (χ2v) is 10.5. The molecule has 7 nitrogen and oxygen atoms in total. The van der Waals surface area contributed by atoms with E-state index in [1.165, 1.54) is 12.0 Å². The fourth-order valence-electron chi connectivity index (χ4n) is 6.22. The van der Waals surface area contributed by atoms with Gasteiger partial charge >= 0.3 is 0 Å². The van der Waals surface area contributed by atoms with Crippen molar-refractivity contribution >= 4 is 22.3 Å². The highest BCUT2D eigenvalue weighted by Gasteiger charge is 2.31. The van der Waals surface area contributed by atoms with Crippen LogP contribution < -0.4 is 19.9 Å². The van der Waals surface area contributed by atoms with E-state index < -0.39 is 0 Å². The summed E-state index contributed by atoms with van der Waals surface area (Å²) < 4.78 is 6.37. The Bertz CT molecular complexity index is 1430. The summed E-state index contributed by atoms with van der Waals surface area (Å²) in [4.78, 5) is 12.1. The van der Waals surface area contributed by atoms with Crippen molar-refractivity contribution in [3.63, 3.8) is 0 Å². The number of nitriles is 1. The second-order valence-electron chi connectivity index (χ2n) is 10.5. The highest BCUT2D eigenvalue weighted by atomic mass is 16.5. The molecule has 0 unspecified atom stereocenters. The van der Waals surface area contributed by atoms with Crippen LogP contribution in [0.15, 0.2) is 36.4 Å². The second kappa shape index (κ2) is 10.5. The molecule has 7 heteroatoms. The Morgan fingerprint density at radius 2 is 1.89 bits per heavy atom. The molecule has 3 aromatic rings. The van der Waals surface area contributed by atoms with E-state index in [1.807, 2.05) is 12.1 Å². The first-order chi connectivity index (χ1) is 18.7. The number of benzene rings is 2. The number of piperazine rings is 1. The standard InChI is InChI=1S/C31H34N6O/c1-3-22-7-4-8-23-9-5-11-28(29(22)23)37-16-12-25-27(20-37)26(19-32)31(38-21-24-10-6-15-35(24)2)34-30(25)36-17-13-33-14-18-36/h1,4-5,7-9,11,24,33H,6,10,12-18,20-21H2,2H3/t24-/m0/s1. The van der Waals surface area contributed by atoms with Gasteiger partial charge in [-0.3, -0.25) is 0 Å². The van der Waals surface area contributed by atoms with E-state index in [9.17, 15) is 5.26 Å². The molecular formula is C31H34N6O. The van der Waals surface area contributed by atoms with E-state index in [4.69, 9.17) is 16.1 Å². The van der Waals surface area contributed by atoms with E-state index in [0.717, 1.165) is 85.5 Å². The molecule has 1 N–H and O–H groups in total. The molecule has 2 aromatic carbocycles. The summed E-state index contributed by atoms with van der Waals surface area (Å²) in [5, 5.41) is 16.0. The van der Waals surface area contributed by atoms with E-state index in [0.29, 0.717) is 30.6 Å². The first-order valence-electron chi connectivity index (χ1n) is 13.7.